The average Bonchev–Trinajstić information content (AvgIpc) is 3.41. The van der Waals surface area contributed by atoms with Gasteiger partial charge in [-0.15, -0.1) is 0 Å². The highest BCUT2D eigenvalue weighted by molar-refractivity contribution is 6.42. The number of benzene rings is 3. The quantitative estimate of drug-likeness (QED) is 0.135. The molecule has 0 spiro atoms. The topological polar surface area (TPSA) is 68.9 Å². The first-order valence-corrected chi connectivity index (χ1v) is 14.7. The third kappa shape index (κ3) is 5.62. The number of carbonyl (C=O) groups excluding carboxylic acids is 1. The molecule has 2 aromatic heterocycles. The lowest BCUT2D eigenvalue weighted by Gasteiger charge is -2.04. The number of amides is 1. The van der Waals surface area contributed by atoms with Crippen molar-refractivity contribution in [1.82, 2.24) is 14.5 Å². The monoisotopic (exact) mass is 576 g/mol. The summed E-state index contributed by atoms with van der Waals surface area (Å²) in [6, 6.07) is 19.1. The summed E-state index contributed by atoms with van der Waals surface area (Å²) in [4.78, 5) is 11.9. The van der Waals surface area contributed by atoms with Gasteiger partial charge in [0.05, 0.1) is 23.6 Å². The maximum absolute atomic E-state index is 11.9. The molecule has 0 radical (unpaired) electrons. The van der Waals surface area contributed by atoms with E-state index in [0.717, 1.165) is 54.8 Å². The molecule has 0 atom stereocenters. The Hall–Kier alpha value is -3.32. The van der Waals surface area contributed by atoms with Crippen LogP contribution in [0, 0.1) is 0 Å². The van der Waals surface area contributed by atoms with Crippen LogP contribution in [-0.2, 0) is 24.9 Å². The molecule has 208 valence electrons. The summed E-state index contributed by atoms with van der Waals surface area (Å²) >= 11 is 12.8. The number of halogens is 2. The van der Waals surface area contributed by atoms with Crippen molar-refractivity contribution in [2.45, 2.75) is 45.7 Å². The number of aryl methyl sites for hydroxylation is 3. The van der Waals surface area contributed by atoms with Gasteiger partial charge in [0.2, 0.25) is 5.91 Å². The standard InChI is InChI=1S/C32H35Cl2N5O/c1-3-38-27-10-7-6-9-23(27)24-19-22(12-14-28(24)38)13-15-32-37(2)29-20-25(33)26(34)21-30(29)39(32)18-8-4-5-11-31(40)36-17-16-35/h6-7,9-10,12-15,19-21H,3-5,8,11,16-18,35H2,1-2H3/p+1. The molecule has 0 bridgehead atoms. The van der Waals surface area contributed by atoms with Crippen molar-refractivity contribution in [1.29, 1.82) is 0 Å². The molecule has 2 heterocycles. The van der Waals surface area contributed by atoms with Gasteiger partial charge in [0, 0.05) is 66.1 Å². The van der Waals surface area contributed by atoms with Crippen LogP contribution in [0.4, 0.5) is 0 Å². The van der Waals surface area contributed by atoms with Gasteiger partial charge in [0.15, 0.2) is 11.0 Å². The predicted octanol–water partition coefficient (Wildman–Crippen LogP) is 6.71. The fourth-order valence-corrected chi connectivity index (χ4v) is 5.91. The Kier molecular flexibility index (Phi) is 8.79. The predicted molar refractivity (Wildman–Crippen MR) is 168 cm³/mol. The van der Waals surface area contributed by atoms with Crippen LogP contribution in [0.5, 0.6) is 0 Å². The lowest BCUT2D eigenvalue weighted by molar-refractivity contribution is -0.647. The number of nitrogens with zero attached hydrogens (tertiary/aromatic N) is 3. The molecule has 40 heavy (non-hydrogen) atoms. The second kappa shape index (κ2) is 12.5. The first-order valence-electron chi connectivity index (χ1n) is 14.0. The Morgan fingerprint density at radius 2 is 1.70 bits per heavy atom. The van der Waals surface area contributed by atoms with Gasteiger partial charge in [0.1, 0.15) is 0 Å². The second-order valence-corrected chi connectivity index (χ2v) is 11.0. The number of fused-ring (bicyclic) bond motifs is 4. The normalized spacial score (nSPS) is 11.9. The van der Waals surface area contributed by atoms with Crippen molar-refractivity contribution >= 4 is 74.1 Å². The number of rotatable bonds is 11. The van der Waals surface area contributed by atoms with Gasteiger partial charge < -0.3 is 15.6 Å². The van der Waals surface area contributed by atoms with Crippen molar-refractivity contribution in [2.75, 3.05) is 13.1 Å². The van der Waals surface area contributed by atoms with Crippen molar-refractivity contribution in [3.05, 3.63) is 76.0 Å². The third-order valence-electron chi connectivity index (χ3n) is 7.58. The van der Waals surface area contributed by atoms with E-state index in [1.807, 2.05) is 12.1 Å². The molecule has 0 aliphatic rings. The van der Waals surface area contributed by atoms with Gasteiger partial charge in [-0.05, 0) is 56.0 Å². The molecule has 0 saturated heterocycles. The van der Waals surface area contributed by atoms with Crippen molar-refractivity contribution in [2.24, 2.45) is 12.8 Å². The summed E-state index contributed by atoms with van der Waals surface area (Å²) in [5, 5.41) is 6.45. The van der Waals surface area contributed by atoms with E-state index >= 15 is 0 Å². The molecule has 6 nitrogen and oxygen atoms in total. The SMILES string of the molecule is CCn1c2ccccc2c2cc(/C=C/c3n(CCCCCC(=O)NCCN)c4cc(Cl)c(Cl)cc4[n+]3C)ccc21. The average molecular weight is 578 g/mol. The van der Waals surface area contributed by atoms with E-state index in [9.17, 15) is 4.79 Å². The lowest BCUT2D eigenvalue weighted by Crippen LogP contribution is -2.31. The summed E-state index contributed by atoms with van der Waals surface area (Å²) in [7, 11) is 2.06. The first kappa shape index (κ1) is 28.2. The van der Waals surface area contributed by atoms with Crippen LogP contribution in [0.1, 0.15) is 44.0 Å². The Morgan fingerprint density at radius 3 is 2.50 bits per heavy atom. The van der Waals surface area contributed by atoms with Gasteiger partial charge in [-0.1, -0.05) is 47.5 Å². The number of unbranched alkanes of at least 4 members (excludes halogenated alkanes) is 2. The second-order valence-electron chi connectivity index (χ2n) is 10.1. The maximum Gasteiger partial charge on any atom is 0.282 e. The Balaban J connectivity index is 1.44. The first-order chi connectivity index (χ1) is 19.4. The Morgan fingerprint density at radius 1 is 0.925 bits per heavy atom. The number of aromatic nitrogens is 3. The fourth-order valence-electron chi connectivity index (χ4n) is 5.59. The molecule has 5 aromatic rings. The number of hydrogen-bond acceptors (Lipinski definition) is 2. The van der Waals surface area contributed by atoms with Gasteiger partial charge in [-0.2, -0.15) is 0 Å². The van der Waals surface area contributed by atoms with Gasteiger partial charge in [0.25, 0.3) is 5.82 Å². The smallest absolute Gasteiger partial charge is 0.282 e. The molecule has 1 amide bonds. The van der Waals surface area contributed by atoms with E-state index in [2.05, 4.69) is 87.6 Å². The van der Waals surface area contributed by atoms with Crippen molar-refractivity contribution in [3.63, 3.8) is 0 Å². The highest BCUT2D eigenvalue weighted by atomic mass is 35.5. The minimum atomic E-state index is 0.0623. The van der Waals surface area contributed by atoms with E-state index in [0.29, 0.717) is 29.6 Å². The Labute approximate surface area is 245 Å². The molecule has 0 aliphatic carbocycles. The van der Waals surface area contributed by atoms with E-state index in [1.54, 1.807) is 0 Å². The molecule has 0 aliphatic heterocycles. The van der Waals surface area contributed by atoms with Crippen LogP contribution in [0.2, 0.25) is 10.0 Å². The summed E-state index contributed by atoms with van der Waals surface area (Å²) in [5.41, 5.74) is 11.2. The zero-order chi connectivity index (χ0) is 28.2. The molecule has 0 saturated carbocycles. The van der Waals surface area contributed by atoms with E-state index in [4.69, 9.17) is 28.9 Å². The molecule has 0 unspecified atom stereocenters. The van der Waals surface area contributed by atoms with Gasteiger partial charge in [-0.25, -0.2) is 9.13 Å². The number of para-hydroxylation sites is 1. The van der Waals surface area contributed by atoms with Crippen LogP contribution in [0.25, 0.3) is 45.0 Å². The highest BCUT2D eigenvalue weighted by Crippen LogP contribution is 2.31. The molecule has 5 rings (SSSR count). The molecular weight excluding hydrogens is 541 g/mol. The number of carbonyl (C=O) groups is 1. The van der Waals surface area contributed by atoms with E-state index < -0.39 is 0 Å². The molecule has 3 N–H and O–H groups in total. The number of nitrogens with two attached hydrogens (primary N) is 1. The third-order valence-corrected chi connectivity index (χ3v) is 8.30. The van der Waals surface area contributed by atoms with Crippen molar-refractivity contribution < 1.29 is 9.36 Å². The molecule has 3 aromatic carbocycles. The lowest BCUT2D eigenvalue weighted by atomic mass is 10.1. The van der Waals surface area contributed by atoms with Crippen LogP contribution in [0.15, 0.2) is 54.6 Å². The Bertz CT molecular complexity index is 1720. The van der Waals surface area contributed by atoms with Crippen LogP contribution >= 0.6 is 23.2 Å². The maximum atomic E-state index is 11.9. The number of imidazole rings is 1. The minimum Gasteiger partial charge on any atom is -0.355 e. The summed E-state index contributed by atoms with van der Waals surface area (Å²) in [5.74, 6) is 1.12. The molecule has 8 heteroatoms. The van der Waals surface area contributed by atoms with E-state index in [1.165, 1.54) is 21.8 Å². The van der Waals surface area contributed by atoms with Crippen molar-refractivity contribution in [3.8, 4) is 0 Å². The summed E-state index contributed by atoms with van der Waals surface area (Å²) in [6.07, 6.45) is 7.59. The van der Waals surface area contributed by atoms with Crippen LogP contribution in [0.3, 0.4) is 0 Å². The summed E-state index contributed by atoms with van der Waals surface area (Å²) in [6.45, 7) is 4.91. The number of nitrogens with one attached hydrogen (secondary N) is 1. The van der Waals surface area contributed by atoms with Gasteiger partial charge >= 0.3 is 0 Å². The molecular formula is C32H36Cl2N5O+. The zero-order valence-corrected chi connectivity index (χ0v) is 24.6. The van der Waals surface area contributed by atoms with Gasteiger partial charge in [-0.3, -0.25) is 4.79 Å². The minimum absolute atomic E-state index is 0.0623. The largest absolute Gasteiger partial charge is 0.355 e. The zero-order valence-electron chi connectivity index (χ0n) is 23.1. The van der Waals surface area contributed by atoms with E-state index in [-0.39, 0.29) is 5.91 Å². The van der Waals surface area contributed by atoms with Crippen LogP contribution in [-0.4, -0.2) is 28.1 Å². The highest BCUT2D eigenvalue weighted by Gasteiger charge is 2.22. The molecule has 0 fully saturated rings. The summed E-state index contributed by atoms with van der Waals surface area (Å²) < 4.78 is 6.82. The fraction of sp³-hybridized carbons (Fsp3) is 0.312. The van der Waals surface area contributed by atoms with Crippen LogP contribution < -0.4 is 15.6 Å². The number of hydrogen-bond donors (Lipinski definition) is 2.